The second-order valence-electron chi connectivity index (χ2n) is 6.16. The van der Waals surface area contributed by atoms with Crippen LogP contribution in [0.5, 0.6) is 5.75 Å². The summed E-state index contributed by atoms with van der Waals surface area (Å²) in [5.41, 5.74) is 1.74. The Morgan fingerprint density at radius 2 is 1.81 bits per heavy atom. The second-order valence-corrected chi connectivity index (χ2v) is 6.16. The van der Waals surface area contributed by atoms with Crippen molar-refractivity contribution in [3.63, 3.8) is 0 Å². The Balaban J connectivity index is 1.78. The molecule has 3 rings (SSSR count). The molecule has 6 nitrogen and oxygen atoms in total. The Bertz CT molecular complexity index is 926. The highest BCUT2D eigenvalue weighted by Gasteiger charge is 2.15. The lowest BCUT2D eigenvalue weighted by Crippen LogP contribution is -2.18. The normalized spacial score (nSPS) is 10.8. The Kier molecular flexibility index (Phi) is 4.93. The number of hydrogen-bond donors (Lipinski definition) is 2. The van der Waals surface area contributed by atoms with Crippen LogP contribution in [0.2, 0.25) is 0 Å². The highest BCUT2D eigenvalue weighted by atomic mass is 16.5. The van der Waals surface area contributed by atoms with Crippen LogP contribution in [0.15, 0.2) is 52.9 Å². The van der Waals surface area contributed by atoms with E-state index in [2.05, 4.69) is 10.6 Å². The largest absolute Gasteiger partial charge is 0.494 e. The average Bonchev–Trinajstić information content (AvgIpc) is 3.07. The quantitative estimate of drug-likeness (QED) is 0.718. The van der Waals surface area contributed by atoms with Crippen LogP contribution in [0.1, 0.15) is 24.4 Å². The molecule has 3 aromatic rings. The molecular formula is C20H20N2O4. The van der Waals surface area contributed by atoms with Crippen molar-refractivity contribution in [1.29, 1.82) is 0 Å². The molecule has 2 amide bonds. The van der Waals surface area contributed by atoms with Crippen molar-refractivity contribution >= 4 is 34.2 Å². The number of amides is 2. The molecule has 1 aromatic heterocycles. The number of hydrogen-bond acceptors (Lipinski definition) is 4. The van der Waals surface area contributed by atoms with Gasteiger partial charge in [0.2, 0.25) is 5.91 Å². The Morgan fingerprint density at radius 3 is 2.50 bits per heavy atom. The number of carbonyl (C=O) groups is 2. The highest BCUT2D eigenvalue weighted by Crippen LogP contribution is 2.29. The monoisotopic (exact) mass is 352 g/mol. The summed E-state index contributed by atoms with van der Waals surface area (Å²) in [4.78, 5) is 24.3. The highest BCUT2D eigenvalue weighted by molar-refractivity contribution is 6.05. The van der Waals surface area contributed by atoms with E-state index in [0.29, 0.717) is 22.7 Å². The summed E-state index contributed by atoms with van der Waals surface area (Å²) < 4.78 is 10.9. The molecule has 0 saturated carbocycles. The molecule has 0 saturated heterocycles. The Morgan fingerprint density at radius 1 is 1.04 bits per heavy atom. The predicted molar refractivity (Wildman–Crippen MR) is 101 cm³/mol. The summed E-state index contributed by atoms with van der Waals surface area (Å²) in [6, 6.07) is 14.1. The predicted octanol–water partition coefficient (Wildman–Crippen LogP) is 4.29. The minimum Gasteiger partial charge on any atom is -0.494 e. The van der Waals surface area contributed by atoms with E-state index in [1.807, 2.05) is 32.0 Å². The van der Waals surface area contributed by atoms with E-state index in [1.165, 1.54) is 7.11 Å². The van der Waals surface area contributed by atoms with Crippen molar-refractivity contribution in [2.75, 3.05) is 17.7 Å². The van der Waals surface area contributed by atoms with Gasteiger partial charge in [-0.3, -0.25) is 9.59 Å². The molecular weight excluding hydrogens is 332 g/mol. The van der Waals surface area contributed by atoms with Gasteiger partial charge in [-0.15, -0.1) is 0 Å². The lowest BCUT2D eigenvalue weighted by Gasteiger charge is -2.13. The van der Waals surface area contributed by atoms with E-state index >= 15 is 0 Å². The smallest absolute Gasteiger partial charge is 0.291 e. The van der Waals surface area contributed by atoms with Gasteiger partial charge < -0.3 is 19.8 Å². The first-order valence-corrected chi connectivity index (χ1v) is 8.26. The van der Waals surface area contributed by atoms with Crippen LogP contribution in [-0.4, -0.2) is 18.9 Å². The van der Waals surface area contributed by atoms with Crippen molar-refractivity contribution in [3.05, 3.63) is 54.3 Å². The Hall–Kier alpha value is -3.28. The van der Waals surface area contributed by atoms with Crippen molar-refractivity contribution in [2.45, 2.75) is 13.8 Å². The molecule has 1 heterocycles. The summed E-state index contributed by atoms with van der Waals surface area (Å²) >= 11 is 0. The first-order chi connectivity index (χ1) is 12.5. The fourth-order valence-corrected chi connectivity index (χ4v) is 2.44. The number of rotatable bonds is 5. The third kappa shape index (κ3) is 3.69. The summed E-state index contributed by atoms with van der Waals surface area (Å²) in [7, 11) is 1.51. The van der Waals surface area contributed by atoms with E-state index in [4.69, 9.17) is 9.15 Å². The zero-order chi connectivity index (χ0) is 18.7. The first kappa shape index (κ1) is 17.5. The maximum Gasteiger partial charge on any atom is 0.291 e. The van der Waals surface area contributed by atoms with Crippen LogP contribution in [0, 0.1) is 5.92 Å². The average molecular weight is 352 g/mol. The van der Waals surface area contributed by atoms with Crippen LogP contribution in [0.3, 0.4) is 0 Å². The minimum atomic E-state index is -0.359. The first-order valence-electron chi connectivity index (χ1n) is 8.26. The van der Waals surface area contributed by atoms with Gasteiger partial charge in [-0.05, 0) is 24.3 Å². The molecule has 0 bridgehead atoms. The van der Waals surface area contributed by atoms with Gasteiger partial charge in [0.15, 0.2) is 5.76 Å². The van der Waals surface area contributed by atoms with Crippen LogP contribution >= 0.6 is 0 Å². The van der Waals surface area contributed by atoms with Crippen molar-refractivity contribution in [3.8, 4) is 5.75 Å². The molecule has 6 heteroatoms. The maximum atomic E-state index is 12.4. The van der Waals surface area contributed by atoms with Crippen LogP contribution in [0.4, 0.5) is 11.4 Å². The minimum absolute atomic E-state index is 0.109. The van der Waals surface area contributed by atoms with E-state index in [9.17, 15) is 9.59 Å². The molecule has 134 valence electrons. The van der Waals surface area contributed by atoms with Gasteiger partial charge >= 0.3 is 0 Å². The van der Waals surface area contributed by atoms with E-state index < -0.39 is 0 Å². The zero-order valence-corrected chi connectivity index (χ0v) is 14.8. The third-order valence-electron chi connectivity index (χ3n) is 3.89. The molecule has 0 aliphatic heterocycles. The molecule has 0 radical (unpaired) electrons. The lowest BCUT2D eigenvalue weighted by atomic mass is 10.2. The van der Waals surface area contributed by atoms with Gasteiger partial charge in [-0.2, -0.15) is 0 Å². The topological polar surface area (TPSA) is 80.6 Å². The number of fused-ring (bicyclic) bond motifs is 1. The molecule has 0 spiro atoms. The van der Waals surface area contributed by atoms with Gasteiger partial charge in [0, 0.05) is 23.1 Å². The standard InChI is InChI=1S/C20H20N2O4/c1-12(2)19(23)22-15-9-8-14(11-17(15)25-3)21-20(24)18-10-13-6-4-5-7-16(13)26-18/h4-12H,1-3H3,(H,21,24)(H,22,23). The number of benzene rings is 2. The van der Waals surface area contributed by atoms with Crippen molar-refractivity contribution in [1.82, 2.24) is 0 Å². The summed E-state index contributed by atoms with van der Waals surface area (Å²) in [5.74, 6) is 0.0699. The van der Waals surface area contributed by atoms with Gasteiger partial charge in [0.25, 0.3) is 5.91 Å². The maximum absolute atomic E-state index is 12.4. The van der Waals surface area contributed by atoms with Crippen molar-refractivity contribution in [2.24, 2.45) is 5.92 Å². The molecule has 26 heavy (non-hydrogen) atoms. The van der Waals surface area contributed by atoms with Crippen molar-refractivity contribution < 1.29 is 18.7 Å². The van der Waals surface area contributed by atoms with Crippen LogP contribution in [-0.2, 0) is 4.79 Å². The SMILES string of the molecule is COc1cc(NC(=O)c2cc3ccccc3o2)ccc1NC(=O)C(C)C. The number of methoxy groups -OCH3 is 1. The fourth-order valence-electron chi connectivity index (χ4n) is 2.44. The second kappa shape index (κ2) is 7.31. The fraction of sp³-hybridized carbons (Fsp3) is 0.200. The number of nitrogens with one attached hydrogen (secondary N) is 2. The molecule has 0 aliphatic carbocycles. The van der Waals surface area contributed by atoms with Gasteiger partial charge in [-0.1, -0.05) is 32.0 Å². The van der Waals surface area contributed by atoms with Gasteiger partial charge in [0.05, 0.1) is 12.8 Å². The number of anilines is 2. The third-order valence-corrected chi connectivity index (χ3v) is 3.89. The summed E-state index contributed by atoms with van der Waals surface area (Å²) in [6.07, 6.45) is 0. The number of para-hydroxylation sites is 1. The van der Waals surface area contributed by atoms with Crippen LogP contribution < -0.4 is 15.4 Å². The van der Waals surface area contributed by atoms with Gasteiger partial charge in [-0.25, -0.2) is 0 Å². The van der Waals surface area contributed by atoms with E-state index in [0.717, 1.165) is 5.39 Å². The molecule has 0 unspecified atom stereocenters. The molecule has 2 N–H and O–H groups in total. The zero-order valence-electron chi connectivity index (χ0n) is 14.8. The van der Waals surface area contributed by atoms with E-state index in [-0.39, 0.29) is 23.5 Å². The number of furan rings is 1. The molecule has 0 aliphatic rings. The van der Waals surface area contributed by atoms with Gasteiger partial charge in [0.1, 0.15) is 11.3 Å². The molecule has 0 fully saturated rings. The summed E-state index contributed by atoms with van der Waals surface area (Å²) in [6.45, 7) is 3.62. The molecule has 2 aromatic carbocycles. The number of carbonyl (C=O) groups excluding carboxylic acids is 2. The lowest BCUT2D eigenvalue weighted by molar-refractivity contribution is -0.118. The number of ether oxygens (including phenoxy) is 1. The summed E-state index contributed by atoms with van der Waals surface area (Å²) in [5, 5.41) is 6.43. The van der Waals surface area contributed by atoms with Crippen LogP contribution in [0.25, 0.3) is 11.0 Å². The Labute approximate surface area is 151 Å². The molecule has 0 atom stereocenters. The van der Waals surface area contributed by atoms with E-state index in [1.54, 1.807) is 30.3 Å².